The predicted octanol–water partition coefficient (Wildman–Crippen LogP) is 6.72. The van der Waals surface area contributed by atoms with Crippen LogP contribution >= 0.6 is 22.7 Å². The molecule has 3 aromatic rings. The lowest BCUT2D eigenvalue weighted by atomic mass is 10.2. The molecule has 0 spiro atoms. The number of aromatic nitrogens is 4. The van der Waals surface area contributed by atoms with Gasteiger partial charge in [-0.2, -0.15) is 18.2 Å². The van der Waals surface area contributed by atoms with Gasteiger partial charge in [-0.3, -0.25) is 26.2 Å². The predicted molar refractivity (Wildman–Crippen MR) is 191 cm³/mol. The average Bonchev–Trinajstić information content (AvgIpc) is 3.75. The van der Waals surface area contributed by atoms with Crippen molar-refractivity contribution < 1.29 is 37.0 Å². The molecular formula is C33H46F3N9O5S2. The highest BCUT2D eigenvalue weighted by Gasteiger charge is 2.38. The maximum atomic E-state index is 13.1. The molecule has 19 heteroatoms. The van der Waals surface area contributed by atoms with Gasteiger partial charge in [0.15, 0.2) is 11.7 Å². The molecular weight excluding hydrogens is 724 g/mol. The monoisotopic (exact) mass is 769 g/mol. The van der Waals surface area contributed by atoms with E-state index in [4.69, 9.17) is 20.3 Å². The number of aryl methyl sites for hydroxylation is 4. The lowest BCUT2D eigenvalue weighted by Gasteiger charge is -2.19. The van der Waals surface area contributed by atoms with Gasteiger partial charge < -0.3 is 18.6 Å². The average molecular weight is 770 g/mol. The quantitative estimate of drug-likeness (QED) is 0.0795. The fourth-order valence-corrected chi connectivity index (χ4v) is 6.24. The standard InChI is InChI=1S/C33H46F3N9O5S2/c1-31(2,3)49-29(47)41-25(37)21-19-51-23(39-21)13-9-7-11-15-44-17-18-45(28(44)43-27(46)33(34,35)36)16-12-8-10-14-24-40-22(20-52-24)26(38)42-30(48)50-32(4,5)6/h17-20H,7-16H2,1-6H3,(H2,37,41,47)(H2,38,42,48). The van der Waals surface area contributed by atoms with E-state index in [2.05, 4.69) is 25.6 Å². The van der Waals surface area contributed by atoms with Gasteiger partial charge in [0.2, 0.25) is 5.62 Å². The molecule has 0 aromatic carbocycles. The topological polar surface area (TPSA) is 189 Å². The van der Waals surface area contributed by atoms with Crippen LogP contribution in [0.25, 0.3) is 0 Å². The Morgan fingerprint density at radius 2 is 1.13 bits per heavy atom. The normalized spacial score (nSPS) is 11.9. The number of amidine groups is 2. The number of carbonyl (C=O) groups is 3. The molecule has 0 atom stereocenters. The van der Waals surface area contributed by atoms with Crippen molar-refractivity contribution in [3.8, 4) is 0 Å². The Kier molecular flexibility index (Phi) is 14.9. The number of alkyl carbamates (subject to hydrolysis) is 2. The van der Waals surface area contributed by atoms with Crippen molar-refractivity contribution in [2.75, 3.05) is 0 Å². The lowest BCUT2D eigenvalue weighted by Crippen LogP contribution is -2.36. The van der Waals surface area contributed by atoms with Crippen LogP contribution in [-0.4, -0.2) is 66.2 Å². The largest absolute Gasteiger partial charge is 0.473 e. The van der Waals surface area contributed by atoms with Crippen molar-refractivity contribution in [2.24, 2.45) is 4.99 Å². The number of carbonyl (C=O) groups excluding carboxylic acids is 3. The van der Waals surface area contributed by atoms with E-state index in [1.807, 2.05) is 0 Å². The van der Waals surface area contributed by atoms with Crippen LogP contribution in [-0.2, 0) is 40.2 Å². The summed E-state index contributed by atoms with van der Waals surface area (Å²) >= 11 is 2.72. The Labute approximate surface area is 307 Å². The summed E-state index contributed by atoms with van der Waals surface area (Å²) in [6, 6.07) is 0. The molecule has 0 bridgehead atoms. The van der Waals surface area contributed by atoms with Crippen LogP contribution in [0.4, 0.5) is 22.8 Å². The summed E-state index contributed by atoms with van der Waals surface area (Å²) in [6.45, 7) is 11.0. The maximum Gasteiger partial charge on any atom is 0.473 e. The number of hydrogen-bond donors (Lipinski definition) is 4. The number of ether oxygens (including phenoxy) is 2. The van der Waals surface area contributed by atoms with E-state index < -0.39 is 35.5 Å². The second kappa shape index (κ2) is 18.4. The first kappa shape index (κ1) is 42.0. The maximum absolute atomic E-state index is 13.1. The molecule has 0 fully saturated rings. The number of hydrogen-bond acceptors (Lipinski definition) is 11. The minimum atomic E-state index is -5.09. The van der Waals surface area contributed by atoms with Gasteiger partial charge in [0.25, 0.3) is 0 Å². The van der Waals surface area contributed by atoms with Crippen LogP contribution in [0.5, 0.6) is 0 Å². The number of alkyl halides is 3. The third kappa shape index (κ3) is 14.7. The van der Waals surface area contributed by atoms with Gasteiger partial charge in [-0.1, -0.05) is 12.8 Å². The number of imidazole rings is 1. The Morgan fingerprint density at radius 1 is 0.731 bits per heavy atom. The molecule has 0 saturated heterocycles. The van der Waals surface area contributed by atoms with Gasteiger partial charge in [0.1, 0.15) is 22.6 Å². The molecule has 3 aromatic heterocycles. The Hall–Kier alpha value is -4.39. The fourth-order valence-electron chi connectivity index (χ4n) is 4.58. The van der Waals surface area contributed by atoms with E-state index in [-0.39, 0.29) is 17.3 Å². The number of unbranched alkanes of at least 4 members (excludes halogenated alkanes) is 4. The highest BCUT2D eigenvalue weighted by molar-refractivity contribution is 7.10. The van der Waals surface area contributed by atoms with E-state index in [1.54, 1.807) is 73.8 Å². The van der Waals surface area contributed by atoms with E-state index in [0.29, 0.717) is 50.2 Å². The molecule has 0 aliphatic heterocycles. The summed E-state index contributed by atoms with van der Waals surface area (Å²) < 4.78 is 52.8. The molecule has 0 aliphatic carbocycles. The fraction of sp³-hybridized carbons (Fsp3) is 0.576. The number of thiazole rings is 2. The van der Waals surface area contributed by atoms with Crippen LogP contribution in [0.3, 0.4) is 0 Å². The third-order valence-electron chi connectivity index (χ3n) is 6.83. The van der Waals surface area contributed by atoms with Gasteiger partial charge in [0, 0.05) is 36.2 Å². The van der Waals surface area contributed by atoms with Gasteiger partial charge in [0.05, 0.1) is 10.0 Å². The SMILES string of the molecule is CC(C)(C)OC(=O)NC(=N)c1csc(CCCCCn2ccn(CCCCCc3nc(C(=N)NC(=O)OC(C)(C)C)cs3)c2=NC(=O)C(F)(F)F)n1. The molecule has 14 nitrogen and oxygen atoms in total. The number of halogens is 3. The number of nitrogens with one attached hydrogen (secondary N) is 4. The van der Waals surface area contributed by atoms with Crippen molar-refractivity contribution >= 4 is 52.4 Å². The molecule has 0 saturated carbocycles. The van der Waals surface area contributed by atoms with Gasteiger partial charge in [-0.15, -0.1) is 22.7 Å². The summed E-state index contributed by atoms with van der Waals surface area (Å²) in [5.74, 6) is -2.49. The molecule has 3 rings (SSSR count). The zero-order valence-electron chi connectivity index (χ0n) is 30.1. The smallest absolute Gasteiger partial charge is 0.444 e. The molecule has 0 aliphatic rings. The molecule has 286 valence electrons. The van der Waals surface area contributed by atoms with Crippen LogP contribution in [0.2, 0.25) is 0 Å². The summed E-state index contributed by atoms with van der Waals surface area (Å²) in [6.07, 6.45) is 2.06. The molecule has 4 N–H and O–H groups in total. The Morgan fingerprint density at radius 3 is 1.50 bits per heavy atom. The third-order valence-corrected chi connectivity index (χ3v) is 8.65. The summed E-state index contributed by atoms with van der Waals surface area (Å²) in [4.78, 5) is 47.9. The molecule has 3 amide bonds. The summed E-state index contributed by atoms with van der Waals surface area (Å²) in [5.41, 5.74) is -0.811. The minimum Gasteiger partial charge on any atom is -0.444 e. The number of nitrogens with zero attached hydrogens (tertiary/aromatic N) is 5. The number of rotatable bonds is 14. The highest BCUT2D eigenvalue weighted by Crippen LogP contribution is 2.18. The molecule has 52 heavy (non-hydrogen) atoms. The van der Waals surface area contributed by atoms with Gasteiger partial charge >= 0.3 is 24.3 Å². The minimum absolute atomic E-state index is 0.0662. The van der Waals surface area contributed by atoms with Gasteiger partial charge in [-0.05, 0) is 80.1 Å². The van der Waals surface area contributed by atoms with Gasteiger partial charge in [-0.25, -0.2) is 19.6 Å². The van der Waals surface area contributed by atoms with E-state index >= 15 is 0 Å². The van der Waals surface area contributed by atoms with Crippen molar-refractivity contribution in [3.05, 3.63) is 50.2 Å². The summed E-state index contributed by atoms with van der Waals surface area (Å²) in [5, 5.41) is 25.8. The Bertz CT molecular complexity index is 1670. The van der Waals surface area contributed by atoms with Crippen molar-refractivity contribution in [1.29, 1.82) is 10.8 Å². The first-order valence-electron chi connectivity index (χ1n) is 16.7. The Balaban J connectivity index is 1.48. The van der Waals surface area contributed by atoms with Crippen molar-refractivity contribution in [2.45, 2.75) is 123 Å². The highest BCUT2D eigenvalue weighted by atomic mass is 32.1. The summed E-state index contributed by atoms with van der Waals surface area (Å²) in [7, 11) is 0. The zero-order valence-corrected chi connectivity index (χ0v) is 31.7. The molecule has 0 unspecified atom stereocenters. The van der Waals surface area contributed by atoms with E-state index in [9.17, 15) is 27.6 Å². The van der Waals surface area contributed by atoms with E-state index in [1.165, 1.54) is 22.7 Å². The zero-order chi connectivity index (χ0) is 38.7. The second-order valence-electron chi connectivity index (χ2n) is 13.8. The van der Waals surface area contributed by atoms with E-state index in [0.717, 1.165) is 35.7 Å². The van der Waals surface area contributed by atoms with Crippen molar-refractivity contribution in [1.82, 2.24) is 29.7 Å². The van der Waals surface area contributed by atoms with Crippen LogP contribution in [0.1, 0.15) is 101 Å². The van der Waals surface area contributed by atoms with Crippen molar-refractivity contribution in [3.63, 3.8) is 0 Å². The van der Waals surface area contributed by atoms with Crippen LogP contribution < -0.4 is 16.3 Å². The number of amides is 3. The second-order valence-corrected chi connectivity index (χ2v) is 15.7. The molecule has 3 heterocycles. The molecule has 0 radical (unpaired) electrons. The first-order chi connectivity index (χ1) is 24.2. The van der Waals surface area contributed by atoms with Crippen LogP contribution in [0.15, 0.2) is 28.1 Å². The lowest BCUT2D eigenvalue weighted by molar-refractivity contribution is -0.169. The van der Waals surface area contributed by atoms with Crippen LogP contribution in [0, 0.1) is 10.8 Å². The first-order valence-corrected chi connectivity index (χ1v) is 18.4.